The second-order valence-corrected chi connectivity index (χ2v) is 8.96. The fourth-order valence-corrected chi connectivity index (χ4v) is 5.59. The van der Waals surface area contributed by atoms with Crippen molar-refractivity contribution < 1.29 is 0 Å². The van der Waals surface area contributed by atoms with Gasteiger partial charge in [0.15, 0.2) is 0 Å². The summed E-state index contributed by atoms with van der Waals surface area (Å²) >= 11 is 0. The van der Waals surface area contributed by atoms with Gasteiger partial charge in [-0.1, -0.05) is 97.1 Å². The average molecular weight is 417 g/mol. The molecule has 0 radical (unpaired) electrons. The molecule has 0 aromatic heterocycles. The Morgan fingerprint density at radius 1 is 0.719 bits per heavy atom. The molecule has 2 nitrogen and oxygen atoms in total. The highest BCUT2D eigenvalue weighted by atomic mass is 15.2. The largest absolute Gasteiger partial charge is 0.368 e. The van der Waals surface area contributed by atoms with Crippen molar-refractivity contribution in [2.75, 3.05) is 24.5 Å². The first kappa shape index (κ1) is 19.3. The molecule has 158 valence electrons. The van der Waals surface area contributed by atoms with Crippen molar-refractivity contribution in [1.82, 2.24) is 5.32 Å². The van der Waals surface area contributed by atoms with Crippen LogP contribution >= 0.6 is 0 Å². The summed E-state index contributed by atoms with van der Waals surface area (Å²) < 4.78 is 0. The van der Waals surface area contributed by atoms with Gasteiger partial charge in [-0.25, -0.2) is 0 Å². The lowest BCUT2D eigenvalue weighted by atomic mass is 9.88. The second-order valence-electron chi connectivity index (χ2n) is 8.96. The Morgan fingerprint density at radius 3 is 2.28 bits per heavy atom. The van der Waals surface area contributed by atoms with Crippen LogP contribution in [0.1, 0.15) is 28.2 Å². The van der Waals surface area contributed by atoms with Gasteiger partial charge in [0.05, 0.1) is 0 Å². The maximum absolute atomic E-state index is 3.75. The van der Waals surface area contributed by atoms with Crippen molar-refractivity contribution in [3.05, 3.63) is 125 Å². The molecule has 0 amide bonds. The third-order valence-electron chi connectivity index (χ3n) is 6.99. The molecule has 2 atom stereocenters. The molecule has 0 bridgehead atoms. The summed E-state index contributed by atoms with van der Waals surface area (Å²) in [5.41, 5.74) is 9.85. The SMILES string of the molecule is c1ccc(CC2CN(c3cccc4c3C(c3ccccc3)c3ccccc3-4)CCN2)cc1. The van der Waals surface area contributed by atoms with E-state index in [-0.39, 0.29) is 0 Å². The Balaban J connectivity index is 1.39. The van der Waals surface area contributed by atoms with E-state index < -0.39 is 0 Å². The summed E-state index contributed by atoms with van der Waals surface area (Å²) in [6, 6.07) is 38.2. The Labute approximate surface area is 190 Å². The molecule has 2 unspecified atom stereocenters. The minimum Gasteiger partial charge on any atom is -0.368 e. The number of benzene rings is 4. The topological polar surface area (TPSA) is 15.3 Å². The van der Waals surface area contributed by atoms with Crippen LogP contribution in [-0.2, 0) is 6.42 Å². The first-order valence-corrected chi connectivity index (χ1v) is 11.7. The molecular formula is C30H28N2. The maximum atomic E-state index is 3.75. The molecule has 0 saturated carbocycles. The van der Waals surface area contributed by atoms with Crippen LogP contribution in [0.5, 0.6) is 0 Å². The van der Waals surface area contributed by atoms with Crippen LogP contribution in [0.3, 0.4) is 0 Å². The molecule has 1 fully saturated rings. The molecule has 32 heavy (non-hydrogen) atoms. The van der Waals surface area contributed by atoms with Gasteiger partial charge in [0, 0.05) is 37.3 Å². The molecular weight excluding hydrogens is 388 g/mol. The highest BCUT2D eigenvalue weighted by Crippen LogP contribution is 2.51. The highest BCUT2D eigenvalue weighted by Gasteiger charge is 2.34. The zero-order valence-electron chi connectivity index (χ0n) is 18.2. The molecule has 4 aromatic carbocycles. The smallest absolute Gasteiger partial charge is 0.0415 e. The zero-order valence-corrected chi connectivity index (χ0v) is 18.2. The highest BCUT2D eigenvalue weighted by molar-refractivity contribution is 5.86. The number of hydrogen-bond donors (Lipinski definition) is 1. The molecule has 1 N–H and O–H groups in total. The predicted octanol–water partition coefficient (Wildman–Crippen LogP) is 5.87. The van der Waals surface area contributed by atoms with Crippen LogP contribution in [0.2, 0.25) is 0 Å². The quantitative estimate of drug-likeness (QED) is 0.394. The Morgan fingerprint density at radius 2 is 1.44 bits per heavy atom. The number of fused-ring (bicyclic) bond motifs is 3. The molecule has 1 saturated heterocycles. The summed E-state index contributed by atoms with van der Waals surface area (Å²) in [7, 11) is 0. The van der Waals surface area contributed by atoms with Gasteiger partial charge in [-0.3, -0.25) is 0 Å². The molecule has 1 aliphatic carbocycles. The fourth-order valence-electron chi connectivity index (χ4n) is 5.59. The average Bonchev–Trinajstić information content (AvgIpc) is 3.20. The van der Waals surface area contributed by atoms with Gasteiger partial charge < -0.3 is 10.2 Å². The molecule has 1 aliphatic heterocycles. The van der Waals surface area contributed by atoms with E-state index in [9.17, 15) is 0 Å². The molecule has 2 heteroatoms. The van der Waals surface area contributed by atoms with Gasteiger partial charge in [0.2, 0.25) is 0 Å². The lowest BCUT2D eigenvalue weighted by Crippen LogP contribution is -2.52. The summed E-state index contributed by atoms with van der Waals surface area (Å²) in [5, 5.41) is 3.75. The van der Waals surface area contributed by atoms with Crippen LogP contribution in [0.15, 0.2) is 103 Å². The Bertz CT molecular complexity index is 1220. The third-order valence-corrected chi connectivity index (χ3v) is 6.99. The van der Waals surface area contributed by atoms with E-state index in [1.54, 1.807) is 0 Å². The number of piperazine rings is 1. The van der Waals surface area contributed by atoms with Crippen LogP contribution in [0.4, 0.5) is 5.69 Å². The minimum absolute atomic E-state index is 0.293. The fraction of sp³-hybridized carbons (Fsp3) is 0.200. The van der Waals surface area contributed by atoms with Crippen molar-refractivity contribution in [1.29, 1.82) is 0 Å². The second kappa shape index (κ2) is 8.29. The van der Waals surface area contributed by atoms with Crippen molar-refractivity contribution in [2.24, 2.45) is 0 Å². The Kier molecular flexibility index (Phi) is 5.01. The van der Waals surface area contributed by atoms with E-state index >= 15 is 0 Å². The summed E-state index contributed by atoms with van der Waals surface area (Å²) in [4.78, 5) is 2.62. The molecule has 0 spiro atoms. The minimum atomic E-state index is 0.293. The van der Waals surface area contributed by atoms with Gasteiger partial charge in [-0.15, -0.1) is 0 Å². The number of rotatable bonds is 4. The first-order valence-electron chi connectivity index (χ1n) is 11.7. The van der Waals surface area contributed by atoms with Crippen LogP contribution in [-0.4, -0.2) is 25.7 Å². The summed E-state index contributed by atoms with van der Waals surface area (Å²) in [6.07, 6.45) is 1.06. The van der Waals surface area contributed by atoms with Gasteiger partial charge in [-0.05, 0) is 45.9 Å². The van der Waals surface area contributed by atoms with E-state index in [0.29, 0.717) is 12.0 Å². The Hall–Kier alpha value is -3.36. The number of nitrogens with one attached hydrogen (secondary N) is 1. The normalized spacial score (nSPS) is 19.4. The van der Waals surface area contributed by atoms with Crippen molar-refractivity contribution in [3.8, 4) is 11.1 Å². The number of nitrogens with zero attached hydrogens (tertiary/aromatic N) is 1. The van der Waals surface area contributed by atoms with E-state index in [2.05, 4.69) is 113 Å². The summed E-state index contributed by atoms with van der Waals surface area (Å²) in [5.74, 6) is 0.293. The molecule has 4 aromatic rings. The van der Waals surface area contributed by atoms with E-state index in [1.807, 2.05) is 0 Å². The van der Waals surface area contributed by atoms with Crippen molar-refractivity contribution in [2.45, 2.75) is 18.4 Å². The van der Waals surface area contributed by atoms with Crippen LogP contribution < -0.4 is 10.2 Å². The maximum Gasteiger partial charge on any atom is 0.0415 e. The molecule has 6 rings (SSSR count). The number of hydrogen-bond acceptors (Lipinski definition) is 2. The lowest BCUT2D eigenvalue weighted by molar-refractivity contribution is 0.454. The zero-order chi connectivity index (χ0) is 21.3. The monoisotopic (exact) mass is 416 g/mol. The first-order chi connectivity index (χ1) is 15.9. The van der Waals surface area contributed by atoms with Gasteiger partial charge in [-0.2, -0.15) is 0 Å². The van der Waals surface area contributed by atoms with Crippen molar-refractivity contribution in [3.63, 3.8) is 0 Å². The van der Waals surface area contributed by atoms with Crippen LogP contribution in [0.25, 0.3) is 11.1 Å². The van der Waals surface area contributed by atoms with E-state index in [0.717, 1.165) is 26.1 Å². The standard InChI is InChI=1S/C30H28N2/c1-3-10-22(11-4-1)20-24-21-32(19-18-31-24)28-17-9-16-27-25-14-7-8-15-26(25)29(30(27)28)23-12-5-2-6-13-23/h1-17,24,29,31H,18-21H2. The molecule has 1 heterocycles. The van der Waals surface area contributed by atoms with Gasteiger partial charge in [0.1, 0.15) is 0 Å². The van der Waals surface area contributed by atoms with Crippen LogP contribution in [0, 0.1) is 0 Å². The lowest BCUT2D eigenvalue weighted by Gasteiger charge is -2.37. The third kappa shape index (κ3) is 3.41. The molecule has 2 aliphatic rings. The predicted molar refractivity (Wildman–Crippen MR) is 133 cm³/mol. The van der Waals surface area contributed by atoms with Crippen molar-refractivity contribution >= 4 is 5.69 Å². The van der Waals surface area contributed by atoms with E-state index in [4.69, 9.17) is 0 Å². The van der Waals surface area contributed by atoms with E-state index in [1.165, 1.54) is 39.1 Å². The number of anilines is 1. The van der Waals surface area contributed by atoms with Gasteiger partial charge in [0.25, 0.3) is 0 Å². The van der Waals surface area contributed by atoms with Gasteiger partial charge >= 0.3 is 0 Å². The summed E-state index contributed by atoms with van der Waals surface area (Å²) in [6.45, 7) is 3.09.